The smallest absolute Gasteiger partial charge is 0.184 e. The van der Waals surface area contributed by atoms with Crippen molar-refractivity contribution in [3.8, 4) is 0 Å². The van der Waals surface area contributed by atoms with E-state index in [-0.39, 0.29) is 5.82 Å². The van der Waals surface area contributed by atoms with E-state index in [1.165, 1.54) is 6.20 Å². The zero-order valence-corrected chi connectivity index (χ0v) is 17.0. The summed E-state index contributed by atoms with van der Waals surface area (Å²) in [5.74, 6) is 0.248. The van der Waals surface area contributed by atoms with Crippen LogP contribution in [0.5, 0.6) is 0 Å². The number of halogens is 1. The molecule has 1 saturated carbocycles. The molecule has 4 aromatic rings. The lowest BCUT2D eigenvalue weighted by molar-refractivity contribution is 0.628. The van der Waals surface area contributed by atoms with E-state index in [1.54, 1.807) is 0 Å². The molecule has 0 atom stereocenters. The first-order valence-corrected chi connectivity index (χ1v) is 11.8. The molecular formula is C26H22FNP+. The molecule has 29 heavy (non-hydrogen) atoms. The molecule has 0 unspecified atom stereocenters. The van der Waals surface area contributed by atoms with E-state index < -0.39 is 7.26 Å². The van der Waals surface area contributed by atoms with Crippen LogP contribution in [0.1, 0.15) is 24.5 Å². The summed E-state index contributed by atoms with van der Waals surface area (Å²) in [6.45, 7) is 0. The first-order valence-electron chi connectivity index (χ1n) is 10.0. The Morgan fingerprint density at radius 1 is 0.690 bits per heavy atom. The predicted molar refractivity (Wildman–Crippen MR) is 121 cm³/mol. The van der Waals surface area contributed by atoms with Crippen LogP contribution in [0.15, 0.2) is 103 Å². The van der Waals surface area contributed by atoms with Gasteiger partial charge in [0.25, 0.3) is 0 Å². The Morgan fingerprint density at radius 3 is 1.55 bits per heavy atom. The molecule has 3 heteroatoms. The minimum Gasteiger partial charge on any atom is -0.258 e. The van der Waals surface area contributed by atoms with Crippen molar-refractivity contribution in [1.82, 2.24) is 4.98 Å². The molecule has 1 nitrogen and oxygen atoms in total. The summed E-state index contributed by atoms with van der Waals surface area (Å²) in [4.78, 5) is 4.44. The van der Waals surface area contributed by atoms with Gasteiger partial charge in [-0.3, -0.25) is 4.98 Å². The zero-order valence-electron chi connectivity index (χ0n) is 16.1. The molecule has 5 rings (SSSR count). The van der Waals surface area contributed by atoms with Gasteiger partial charge in [0.1, 0.15) is 28.5 Å². The van der Waals surface area contributed by atoms with Crippen molar-refractivity contribution in [3.05, 3.63) is 115 Å². The maximum atomic E-state index is 15.6. The zero-order chi connectivity index (χ0) is 19.7. The van der Waals surface area contributed by atoms with Crippen LogP contribution < -0.4 is 21.2 Å². The molecule has 0 saturated heterocycles. The molecule has 0 bridgehead atoms. The van der Waals surface area contributed by atoms with Crippen LogP contribution in [0.4, 0.5) is 4.39 Å². The van der Waals surface area contributed by atoms with Crippen LogP contribution in [0.25, 0.3) is 0 Å². The summed E-state index contributed by atoms with van der Waals surface area (Å²) >= 11 is 0. The summed E-state index contributed by atoms with van der Waals surface area (Å²) in [5, 5.41) is 4.25. The van der Waals surface area contributed by atoms with Crippen LogP contribution in [0.2, 0.25) is 0 Å². The predicted octanol–water partition coefficient (Wildman–Crippen LogP) is 4.72. The summed E-state index contributed by atoms with van der Waals surface area (Å²) in [6.07, 6.45) is 3.73. The Hall–Kier alpha value is -2.83. The Kier molecular flexibility index (Phi) is 4.73. The van der Waals surface area contributed by atoms with Gasteiger partial charge in [0.2, 0.25) is 0 Å². The Balaban J connectivity index is 1.90. The van der Waals surface area contributed by atoms with Crippen LogP contribution in [0, 0.1) is 5.82 Å². The van der Waals surface area contributed by atoms with Gasteiger partial charge in [0, 0.05) is 17.7 Å². The first kappa shape index (κ1) is 18.2. The average Bonchev–Trinajstić information content (AvgIpc) is 3.63. The summed E-state index contributed by atoms with van der Waals surface area (Å²) < 4.78 is 15.6. The number of aromatic nitrogens is 1. The molecule has 1 fully saturated rings. The van der Waals surface area contributed by atoms with Crippen molar-refractivity contribution in [3.63, 3.8) is 0 Å². The van der Waals surface area contributed by atoms with Crippen LogP contribution in [-0.2, 0) is 0 Å². The fourth-order valence-electron chi connectivity index (χ4n) is 4.12. The highest BCUT2D eigenvalue weighted by Crippen LogP contribution is 2.55. The van der Waals surface area contributed by atoms with Crippen molar-refractivity contribution in [2.24, 2.45) is 0 Å². The number of benzene rings is 3. The minimum atomic E-state index is -2.40. The van der Waals surface area contributed by atoms with Gasteiger partial charge < -0.3 is 0 Å². The van der Waals surface area contributed by atoms with Gasteiger partial charge in [0.05, 0.1) is 6.20 Å². The second-order valence-electron chi connectivity index (χ2n) is 7.51. The lowest BCUT2D eigenvalue weighted by atomic mass is 10.2. The van der Waals surface area contributed by atoms with Crippen LogP contribution in [0.3, 0.4) is 0 Å². The van der Waals surface area contributed by atoms with E-state index in [4.69, 9.17) is 0 Å². The normalized spacial score (nSPS) is 14.0. The second kappa shape index (κ2) is 7.54. The van der Waals surface area contributed by atoms with Crippen molar-refractivity contribution < 1.29 is 4.39 Å². The fraction of sp³-hybridized carbons (Fsp3) is 0.115. The number of rotatable bonds is 5. The largest absolute Gasteiger partial charge is 0.258 e. The lowest BCUT2D eigenvalue weighted by Crippen LogP contribution is -2.40. The lowest BCUT2D eigenvalue weighted by Gasteiger charge is -2.28. The van der Waals surface area contributed by atoms with Crippen molar-refractivity contribution >= 4 is 28.5 Å². The van der Waals surface area contributed by atoms with Gasteiger partial charge in [-0.15, -0.1) is 0 Å². The Bertz CT molecular complexity index is 1010. The first-order chi connectivity index (χ1) is 14.3. The molecule has 0 spiro atoms. The maximum absolute atomic E-state index is 15.6. The molecule has 1 aliphatic carbocycles. The van der Waals surface area contributed by atoms with Gasteiger partial charge in [-0.1, -0.05) is 54.6 Å². The van der Waals surface area contributed by atoms with Gasteiger partial charge in [-0.2, -0.15) is 0 Å². The van der Waals surface area contributed by atoms with Gasteiger partial charge in [-0.05, 0) is 49.2 Å². The highest BCUT2D eigenvalue weighted by atomic mass is 31.2. The standard InChI is InChI=1S/C26H22FNP/c27-24-19-28-25(20-16-17-20)18-26(24)29(21-10-4-1-5-11-21,22-12-6-2-7-13-22)23-14-8-3-9-15-23/h1-15,18-20H,16-17H2/q+1. The van der Waals surface area contributed by atoms with E-state index in [1.807, 2.05) is 24.3 Å². The number of hydrogen-bond acceptors (Lipinski definition) is 1. The number of hydrogen-bond donors (Lipinski definition) is 0. The fourth-order valence-corrected chi connectivity index (χ4v) is 8.41. The SMILES string of the molecule is Fc1cnc(C2CC2)cc1[P+](c1ccccc1)(c1ccccc1)c1ccccc1. The van der Waals surface area contributed by atoms with Gasteiger partial charge in [0.15, 0.2) is 5.82 Å². The third kappa shape index (κ3) is 3.18. The molecule has 0 aliphatic heterocycles. The Labute approximate surface area is 171 Å². The Morgan fingerprint density at radius 2 is 1.14 bits per heavy atom. The van der Waals surface area contributed by atoms with E-state index in [0.29, 0.717) is 5.92 Å². The average molecular weight is 398 g/mol. The minimum absolute atomic E-state index is 0.223. The van der Waals surface area contributed by atoms with Gasteiger partial charge in [-0.25, -0.2) is 4.39 Å². The second-order valence-corrected chi connectivity index (χ2v) is 10.9. The molecule has 0 radical (unpaired) electrons. The quantitative estimate of drug-likeness (QED) is 0.444. The van der Waals surface area contributed by atoms with Gasteiger partial charge >= 0.3 is 0 Å². The summed E-state index contributed by atoms with van der Waals surface area (Å²) in [6, 6.07) is 33.3. The molecule has 0 N–H and O–H groups in total. The van der Waals surface area contributed by atoms with Crippen LogP contribution >= 0.6 is 7.26 Å². The maximum Gasteiger partial charge on any atom is 0.184 e. The highest BCUT2D eigenvalue weighted by molar-refractivity contribution is 8.01. The topological polar surface area (TPSA) is 12.9 Å². The third-order valence-corrected chi connectivity index (χ3v) is 9.93. The van der Waals surface area contributed by atoms with E-state index in [2.05, 4.69) is 77.8 Å². The molecule has 142 valence electrons. The summed E-state index contributed by atoms with van der Waals surface area (Å²) in [5.41, 5.74) is 1.02. The van der Waals surface area contributed by atoms with Crippen molar-refractivity contribution in [2.45, 2.75) is 18.8 Å². The molecule has 0 amide bonds. The third-order valence-electron chi connectivity index (χ3n) is 5.64. The van der Waals surface area contributed by atoms with Crippen LogP contribution in [-0.4, -0.2) is 4.98 Å². The van der Waals surface area contributed by atoms with Crippen molar-refractivity contribution in [1.29, 1.82) is 0 Å². The monoisotopic (exact) mass is 398 g/mol. The van der Waals surface area contributed by atoms with E-state index in [9.17, 15) is 0 Å². The van der Waals surface area contributed by atoms with Crippen molar-refractivity contribution in [2.75, 3.05) is 0 Å². The molecule has 3 aromatic carbocycles. The molecular weight excluding hydrogens is 376 g/mol. The molecule has 1 aromatic heterocycles. The highest BCUT2D eigenvalue weighted by Gasteiger charge is 2.50. The number of nitrogens with zero attached hydrogens (tertiary/aromatic N) is 1. The molecule has 1 aliphatic rings. The van der Waals surface area contributed by atoms with E-state index >= 15 is 4.39 Å². The number of pyridine rings is 1. The molecule has 1 heterocycles. The van der Waals surface area contributed by atoms with E-state index in [0.717, 1.165) is 39.8 Å². The summed E-state index contributed by atoms with van der Waals surface area (Å²) in [7, 11) is -2.40.